The van der Waals surface area contributed by atoms with Crippen molar-refractivity contribution in [2.24, 2.45) is 0 Å². The summed E-state index contributed by atoms with van der Waals surface area (Å²) in [4.78, 5) is 23.8. The van der Waals surface area contributed by atoms with Crippen molar-refractivity contribution >= 4 is 56.7 Å². The number of thiophene rings is 1. The van der Waals surface area contributed by atoms with Crippen molar-refractivity contribution in [1.82, 2.24) is 0 Å². The quantitative estimate of drug-likeness (QED) is 0.429. The van der Waals surface area contributed by atoms with Gasteiger partial charge in [-0.2, -0.15) is 0 Å². The predicted octanol–water partition coefficient (Wildman–Crippen LogP) is 4.60. The molecule has 1 aromatic heterocycles. The standard InChI is InChI=1S/C15H10BrClO3S/c16-11-4-2-1-3-10(11)5-8-15(19)20-9-12(18)13-6-7-14(17)21-13/h1-8H,9H2/b8-5+. The van der Waals surface area contributed by atoms with E-state index >= 15 is 0 Å². The molecule has 0 aliphatic heterocycles. The Balaban J connectivity index is 1.88. The second-order valence-corrected chi connectivity index (χ2v) is 6.56. The van der Waals surface area contributed by atoms with Gasteiger partial charge in [-0.05, 0) is 29.8 Å². The fourth-order valence-electron chi connectivity index (χ4n) is 1.49. The molecule has 0 amide bonds. The fourth-order valence-corrected chi connectivity index (χ4v) is 2.87. The summed E-state index contributed by atoms with van der Waals surface area (Å²) in [6, 6.07) is 10.7. The Morgan fingerprint density at radius 1 is 1.24 bits per heavy atom. The Kier molecular flexibility index (Phi) is 5.73. The summed E-state index contributed by atoms with van der Waals surface area (Å²) >= 11 is 10.3. The first-order valence-electron chi connectivity index (χ1n) is 5.94. The number of ether oxygens (including phenoxy) is 1. The smallest absolute Gasteiger partial charge is 0.331 e. The van der Waals surface area contributed by atoms with Crippen LogP contribution in [0.25, 0.3) is 6.08 Å². The van der Waals surface area contributed by atoms with E-state index in [4.69, 9.17) is 16.3 Å². The maximum absolute atomic E-state index is 11.7. The number of esters is 1. The molecule has 1 aromatic carbocycles. The molecule has 0 saturated carbocycles. The number of rotatable bonds is 5. The van der Waals surface area contributed by atoms with Crippen molar-refractivity contribution in [1.29, 1.82) is 0 Å². The molecule has 1 heterocycles. The summed E-state index contributed by atoms with van der Waals surface area (Å²) in [6.07, 6.45) is 2.91. The van der Waals surface area contributed by atoms with Gasteiger partial charge in [0.15, 0.2) is 6.61 Å². The number of Topliss-reactive ketones (excluding diaryl/α,β-unsaturated/α-hetero) is 1. The summed E-state index contributed by atoms with van der Waals surface area (Å²) in [5.74, 6) is -0.837. The van der Waals surface area contributed by atoms with Crippen LogP contribution in [0.1, 0.15) is 15.2 Å². The van der Waals surface area contributed by atoms with E-state index in [1.807, 2.05) is 24.3 Å². The van der Waals surface area contributed by atoms with E-state index in [-0.39, 0.29) is 12.4 Å². The Labute approximate surface area is 139 Å². The SMILES string of the molecule is O=C(/C=C/c1ccccc1Br)OCC(=O)c1ccc(Cl)s1. The molecule has 0 radical (unpaired) electrons. The van der Waals surface area contributed by atoms with Crippen LogP contribution in [0, 0.1) is 0 Å². The highest BCUT2D eigenvalue weighted by Gasteiger charge is 2.10. The monoisotopic (exact) mass is 384 g/mol. The van der Waals surface area contributed by atoms with E-state index in [0.29, 0.717) is 9.21 Å². The highest BCUT2D eigenvalue weighted by Crippen LogP contribution is 2.21. The van der Waals surface area contributed by atoms with E-state index in [1.165, 1.54) is 6.08 Å². The van der Waals surface area contributed by atoms with Gasteiger partial charge in [-0.15, -0.1) is 11.3 Å². The largest absolute Gasteiger partial charge is 0.454 e. The average molecular weight is 386 g/mol. The van der Waals surface area contributed by atoms with Gasteiger partial charge in [0.2, 0.25) is 5.78 Å². The van der Waals surface area contributed by atoms with Crippen molar-refractivity contribution < 1.29 is 14.3 Å². The molecule has 0 N–H and O–H groups in total. The second-order valence-electron chi connectivity index (χ2n) is 3.99. The lowest BCUT2D eigenvalue weighted by Crippen LogP contribution is -2.11. The Bertz CT molecular complexity index is 694. The average Bonchev–Trinajstić information content (AvgIpc) is 2.90. The van der Waals surface area contributed by atoms with E-state index < -0.39 is 5.97 Å². The van der Waals surface area contributed by atoms with Crippen molar-refractivity contribution in [3.8, 4) is 0 Å². The number of benzene rings is 1. The normalized spacial score (nSPS) is 10.8. The molecule has 3 nitrogen and oxygen atoms in total. The van der Waals surface area contributed by atoms with E-state index in [2.05, 4.69) is 15.9 Å². The lowest BCUT2D eigenvalue weighted by atomic mass is 10.2. The highest BCUT2D eigenvalue weighted by atomic mass is 79.9. The first-order valence-corrected chi connectivity index (χ1v) is 7.93. The molecule has 0 unspecified atom stereocenters. The molecule has 0 aliphatic rings. The van der Waals surface area contributed by atoms with Crippen molar-refractivity contribution in [2.45, 2.75) is 0 Å². The Morgan fingerprint density at radius 2 is 2.00 bits per heavy atom. The first kappa shape index (κ1) is 15.9. The molecule has 0 atom stereocenters. The summed E-state index contributed by atoms with van der Waals surface area (Å²) in [5.41, 5.74) is 0.853. The predicted molar refractivity (Wildman–Crippen MR) is 87.8 cm³/mol. The van der Waals surface area contributed by atoms with Crippen LogP contribution in [0.15, 0.2) is 46.9 Å². The summed E-state index contributed by atoms with van der Waals surface area (Å²) in [6.45, 7) is -0.296. The van der Waals surface area contributed by atoms with Crippen LogP contribution in [0.3, 0.4) is 0 Å². The van der Waals surface area contributed by atoms with Crippen molar-refractivity contribution in [3.63, 3.8) is 0 Å². The molecule has 108 valence electrons. The van der Waals surface area contributed by atoms with Crippen molar-refractivity contribution in [2.75, 3.05) is 6.61 Å². The molecular weight excluding hydrogens is 376 g/mol. The van der Waals surface area contributed by atoms with Gasteiger partial charge in [0, 0.05) is 10.5 Å². The third-order valence-corrected chi connectivity index (χ3v) is 4.49. The minimum Gasteiger partial charge on any atom is -0.454 e. The Hall–Kier alpha value is -1.43. The Morgan fingerprint density at radius 3 is 2.67 bits per heavy atom. The number of carbonyl (C=O) groups is 2. The molecular formula is C15H10BrClO3S. The first-order chi connectivity index (χ1) is 10.1. The van der Waals surface area contributed by atoms with Crippen LogP contribution >= 0.6 is 38.9 Å². The number of ketones is 1. The molecule has 0 bridgehead atoms. The van der Waals surface area contributed by atoms with Gasteiger partial charge in [0.05, 0.1) is 9.21 Å². The van der Waals surface area contributed by atoms with Gasteiger partial charge in [-0.1, -0.05) is 45.7 Å². The number of hydrogen-bond donors (Lipinski definition) is 0. The summed E-state index contributed by atoms with van der Waals surface area (Å²) < 4.78 is 6.30. The molecule has 0 saturated heterocycles. The number of halogens is 2. The second kappa shape index (κ2) is 7.54. The molecule has 0 spiro atoms. The number of hydrogen-bond acceptors (Lipinski definition) is 4. The molecule has 6 heteroatoms. The highest BCUT2D eigenvalue weighted by molar-refractivity contribution is 9.10. The van der Waals surface area contributed by atoms with Crippen LogP contribution in [-0.2, 0) is 9.53 Å². The lowest BCUT2D eigenvalue weighted by molar-refractivity contribution is -0.136. The molecule has 0 fully saturated rings. The maximum atomic E-state index is 11.7. The third-order valence-electron chi connectivity index (χ3n) is 2.50. The zero-order chi connectivity index (χ0) is 15.2. The molecule has 2 rings (SSSR count). The van der Waals surface area contributed by atoms with Crippen molar-refractivity contribution in [3.05, 3.63) is 61.7 Å². The maximum Gasteiger partial charge on any atom is 0.331 e. The zero-order valence-corrected chi connectivity index (χ0v) is 13.9. The van der Waals surface area contributed by atoms with Crippen LogP contribution in [0.5, 0.6) is 0 Å². The lowest BCUT2D eigenvalue weighted by Gasteiger charge is -2.00. The number of carbonyl (C=O) groups excluding carboxylic acids is 2. The van der Waals surface area contributed by atoms with E-state index in [0.717, 1.165) is 21.4 Å². The van der Waals surface area contributed by atoms with Gasteiger partial charge < -0.3 is 4.74 Å². The van der Waals surface area contributed by atoms with Crippen LogP contribution in [0.4, 0.5) is 0 Å². The minimum atomic E-state index is -0.568. The summed E-state index contributed by atoms with van der Waals surface area (Å²) in [5, 5.41) is 0. The van der Waals surface area contributed by atoms with Gasteiger partial charge in [0.25, 0.3) is 0 Å². The van der Waals surface area contributed by atoms with Gasteiger partial charge in [-0.3, -0.25) is 4.79 Å². The van der Waals surface area contributed by atoms with Crippen LogP contribution in [0.2, 0.25) is 4.34 Å². The third kappa shape index (κ3) is 4.81. The molecule has 0 aliphatic carbocycles. The topological polar surface area (TPSA) is 43.4 Å². The van der Waals surface area contributed by atoms with Gasteiger partial charge in [0.1, 0.15) is 0 Å². The van der Waals surface area contributed by atoms with Crippen LogP contribution < -0.4 is 0 Å². The van der Waals surface area contributed by atoms with E-state index in [1.54, 1.807) is 18.2 Å². The minimum absolute atomic E-state index is 0.269. The summed E-state index contributed by atoms with van der Waals surface area (Å²) in [7, 11) is 0. The zero-order valence-electron chi connectivity index (χ0n) is 10.7. The van der Waals surface area contributed by atoms with Crippen LogP contribution in [-0.4, -0.2) is 18.4 Å². The van der Waals surface area contributed by atoms with Gasteiger partial charge in [-0.25, -0.2) is 4.79 Å². The van der Waals surface area contributed by atoms with E-state index in [9.17, 15) is 9.59 Å². The molecule has 21 heavy (non-hydrogen) atoms. The fraction of sp³-hybridized carbons (Fsp3) is 0.0667. The van der Waals surface area contributed by atoms with Gasteiger partial charge >= 0.3 is 5.97 Å². The molecule has 2 aromatic rings.